The van der Waals surface area contributed by atoms with E-state index in [9.17, 15) is 18.0 Å². The molecule has 3 nitrogen and oxygen atoms in total. The summed E-state index contributed by atoms with van der Waals surface area (Å²) < 4.78 is 35.3. The van der Waals surface area contributed by atoms with Crippen LogP contribution in [0.5, 0.6) is 0 Å². The number of carbonyl (C=O) groups excluding carboxylic acids is 1. The summed E-state index contributed by atoms with van der Waals surface area (Å²) in [6.07, 6.45) is -3.87. The van der Waals surface area contributed by atoms with Crippen LogP contribution in [0, 0.1) is 0 Å². The van der Waals surface area contributed by atoms with Gasteiger partial charge < -0.3 is 5.32 Å². The number of rotatable bonds is 1. The number of alkyl halides is 3. The molecule has 0 unspecified atom stereocenters. The molecule has 0 spiro atoms. The Morgan fingerprint density at radius 3 is 2.50 bits per heavy atom. The molecular weight excluding hydrogens is 221 g/mol. The largest absolute Gasteiger partial charge is 0.471 e. The third-order valence-electron chi connectivity index (χ3n) is 1.24. The minimum Gasteiger partial charge on any atom is -0.317 e. The van der Waals surface area contributed by atoms with Gasteiger partial charge >= 0.3 is 12.1 Å². The molecule has 0 aliphatic carbocycles. The van der Waals surface area contributed by atoms with Gasteiger partial charge in [0, 0.05) is 0 Å². The van der Waals surface area contributed by atoms with Crippen molar-refractivity contribution in [1.29, 1.82) is 0 Å². The minimum atomic E-state index is -4.90. The average molecular weight is 225 g/mol. The molecule has 76 valence electrons. The van der Waals surface area contributed by atoms with Crippen LogP contribution in [-0.4, -0.2) is 17.1 Å². The van der Waals surface area contributed by atoms with Crippen molar-refractivity contribution in [2.75, 3.05) is 5.32 Å². The molecular formula is C7H4ClF3N2O. The van der Waals surface area contributed by atoms with Crippen LogP contribution in [0.1, 0.15) is 0 Å². The van der Waals surface area contributed by atoms with Crippen LogP contribution in [0.15, 0.2) is 18.3 Å². The lowest BCUT2D eigenvalue weighted by atomic mass is 10.4. The monoisotopic (exact) mass is 224 g/mol. The number of anilines is 1. The fourth-order valence-corrected chi connectivity index (χ4v) is 0.764. The number of halogens is 4. The predicted octanol–water partition coefficient (Wildman–Crippen LogP) is 2.24. The van der Waals surface area contributed by atoms with Gasteiger partial charge in [-0.1, -0.05) is 11.6 Å². The normalized spacial score (nSPS) is 11.1. The average Bonchev–Trinajstić information content (AvgIpc) is 2.07. The molecule has 7 heteroatoms. The molecule has 0 saturated carbocycles. The Morgan fingerprint density at radius 2 is 2.07 bits per heavy atom. The van der Waals surface area contributed by atoms with E-state index in [0.717, 1.165) is 6.20 Å². The Labute approximate surface area is 81.9 Å². The second kappa shape index (κ2) is 3.83. The zero-order valence-electron chi connectivity index (χ0n) is 6.60. The van der Waals surface area contributed by atoms with Crippen LogP contribution in [-0.2, 0) is 4.79 Å². The van der Waals surface area contributed by atoms with Crippen LogP contribution < -0.4 is 5.32 Å². The molecule has 1 aromatic rings. The van der Waals surface area contributed by atoms with E-state index >= 15 is 0 Å². The third-order valence-corrected chi connectivity index (χ3v) is 1.47. The second-order valence-electron chi connectivity index (χ2n) is 2.32. The molecule has 14 heavy (non-hydrogen) atoms. The highest BCUT2D eigenvalue weighted by Crippen LogP contribution is 2.18. The Bertz CT molecular complexity index is 336. The van der Waals surface area contributed by atoms with E-state index in [1.807, 2.05) is 0 Å². The minimum absolute atomic E-state index is 0.0586. The van der Waals surface area contributed by atoms with Crippen molar-refractivity contribution in [1.82, 2.24) is 4.98 Å². The highest BCUT2D eigenvalue weighted by Gasteiger charge is 2.38. The van der Waals surface area contributed by atoms with Gasteiger partial charge in [-0.25, -0.2) is 4.98 Å². The quantitative estimate of drug-likeness (QED) is 0.744. The highest BCUT2D eigenvalue weighted by molar-refractivity contribution is 6.29. The summed E-state index contributed by atoms with van der Waals surface area (Å²) in [6, 6.07) is 2.49. The molecule has 1 amide bonds. The van der Waals surface area contributed by atoms with Gasteiger partial charge in [0.25, 0.3) is 0 Å². The SMILES string of the molecule is O=C(Nc1ccc(Cl)nc1)C(F)(F)F. The molecule has 1 rings (SSSR count). The summed E-state index contributed by atoms with van der Waals surface area (Å²) in [5.41, 5.74) is -0.0586. The number of pyridine rings is 1. The lowest BCUT2D eigenvalue weighted by Crippen LogP contribution is -2.29. The smallest absolute Gasteiger partial charge is 0.317 e. The molecule has 1 heterocycles. The van der Waals surface area contributed by atoms with Gasteiger partial charge in [0.15, 0.2) is 0 Å². The second-order valence-corrected chi connectivity index (χ2v) is 2.71. The van der Waals surface area contributed by atoms with Crippen LogP contribution in [0.4, 0.5) is 18.9 Å². The molecule has 0 atom stereocenters. The van der Waals surface area contributed by atoms with E-state index in [-0.39, 0.29) is 10.8 Å². The van der Waals surface area contributed by atoms with Crippen molar-refractivity contribution in [3.05, 3.63) is 23.5 Å². The van der Waals surface area contributed by atoms with Crippen LogP contribution in [0.2, 0.25) is 5.15 Å². The van der Waals surface area contributed by atoms with E-state index in [1.165, 1.54) is 12.1 Å². The summed E-state index contributed by atoms with van der Waals surface area (Å²) in [5.74, 6) is -2.04. The molecule has 0 bridgehead atoms. The van der Waals surface area contributed by atoms with Gasteiger partial charge in [0.05, 0.1) is 11.9 Å². The van der Waals surface area contributed by atoms with Gasteiger partial charge in [0.2, 0.25) is 0 Å². The number of amides is 1. The summed E-state index contributed by atoms with van der Waals surface area (Å²) >= 11 is 5.39. The third kappa shape index (κ3) is 2.88. The Hall–Kier alpha value is -1.30. The van der Waals surface area contributed by atoms with Crippen molar-refractivity contribution in [3.8, 4) is 0 Å². The fourth-order valence-electron chi connectivity index (χ4n) is 0.652. The van der Waals surface area contributed by atoms with Crippen molar-refractivity contribution in [2.45, 2.75) is 6.18 Å². The van der Waals surface area contributed by atoms with Gasteiger partial charge in [0.1, 0.15) is 5.15 Å². The first-order chi connectivity index (χ1) is 6.39. The van der Waals surface area contributed by atoms with Crippen molar-refractivity contribution >= 4 is 23.2 Å². The number of nitrogens with one attached hydrogen (secondary N) is 1. The molecule has 0 aromatic carbocycles. The molecule has 1 aromatic heterocycles. The highest BCUT2D eigenvalue weighted by atomic mass is 35.5. The number of hydrogen-bond donors (Lipinski definition) is 1. The molecule has 1 N–H and O–H groups in total. The van der Waals surface area contributed by atoms with Gasteiger partial charge in [-0.05, 0) is 12.1 Å². The predicted molar refractivity (Wildman–Crippen MR) is 43.9 cm³/mol. The Balaban J connectivity index is 2.71. The van der Waals surface area contributed by atoms with E-state index in [2.05, 4.69) is 4.98 Å². The summed E-state index contributed by atoms with van der Waals surface area (Å²) in [5, 5.41) is 1.76. The molecule has 0 saturated heterocycles. The van der Waals surface area contributed by atoms with Crippen LogP contribution in [0.25, 0.3) is 0 Å². The van der Waals surface area contributed by atoms with E-state index < -0.39 is 12.1 Å². The summed E-state index contributed by atoms with van der Waals surface area (Å²) in [7, 11) is 0. The van der Waals surface area contributed by atoms with E-state index in [4.69, 9.17) is 11.6 Å². The van der Waals surface area contributed by atoms with Crippen molar-refractivity contribution < 1.29 is 18.0 Å². The number of nitrogens with zero attached hydrogens (tertiary/aromatic N) is 1. The maximum Gasteiger partial charge on any atom is 0.471 e. The number of aromatic nitrogens is 1. The lowest BCUT2D eigenvalue weighted by molar-refractivity contribution is -0.167. The lowest BCUT2D eigenvalue weighted by Gasteiger charge is -2.06. The van der Waals surface area contributed by atoms with E-state index in [1.54, 1.807) is 5.32 Å². The van der Waals surface area contributed by atoms with Gasteiger partial charge in [-0.15, -0.1) is 0 Å². The number of carbonyl (C=O) groups is 1. The first kappa shape index (κ1) is 10.8. The molecule has 0 fully saturated rings. The first-order valence-electron chi connectivity index (χ1n) is 3.39. The maximum absolute atomic E-state index is 11.8. The van der Waals surface area contributed by atoms with Crippen molar-refractivity contribution in [2.24, 2.45) is 0 Å². The number of hydrogen-bond acceptors (Lipinski definition) is 2. The zero-order chi connectivity index (χ0) is 10.8. The van der Waals surface area contributed by atoms with E-state index in [0.29, 0.717) is 0 Å². The first-order valence-corrected chi connectivity index (χ1v) is 3.77. The zero-order valence-corrected chi connectivity index (χ0v) is 7.36. The van der Waals surface area contributed by atoms with Gasteiger partial charge in [-0.2, -0.15) is 13.2 Å². The van der Waals surface area contributed by atoms with Crippen LogP contribution >= 0.6 is 11.6 Å². The topological polar surface area (TPSA) is 42.0 Å². The summed E-state index contributed by atoms with van der Waals surface area (Å²) in [4.78, 5) is 13.9. The van der Waals surface area contributed by atoms with Gasteiger partial charge in [-0.3, -0.25) is 4.79 Å². The molecule has 0 aliphatic rings. The molecule has 0 aliphatic heterocycles. The summed E-state index contributed by atoms with van der Waals surface area (Å²) in [6.45, 7) is 0. The fraction of sp³-hybridized carbons (Fsp3) is 0.143. The Morgan fingerprint density at radius 1 is 1.43 bits per heavy atom. The molecule has 0 radical (unpaired) electrons. The Kier molecular flexibility index (Phi) is 2.95. The van der Waals surface area contributed by atoms with Crippen molar-refractivity contribution in [3.63, 3.8) is 0 Å². The maximum atomic E-state index is 11.8. The van der Waals surface area contributed by atoms with Crippen LogP contribution in [0.3, 0.4) is 0 Å². The standard InChI is InChI=1S/C7H4ClF3N2O/c8-5-2-1-4(3-12-5)13-6(14)7(9,10)11/h1-3H,(H,13,14).